The monoisotopic (exact) mass is 446 g/mol. The molecule has 29 heavy (non-hydrogen) atoms. The molecular weight excluding hydrogens is 425 g/mol. The van der Waals surface area contributed by atoms with Gasteiger partial charge < -0.3 is 5.32 Å². The number of rotatable bonds is 6. The van der Waals surface area contributed by atoms with Crippen LogP contribution in [-0.4, -0.2) is 38.3 Å². The first kappa shape index (κ1) is 21.8. The summed E-state index contributed by atoms with van der Waals surface area (Å²) < 4.78 is 65.2. The number of nitrogens with zero attached hydrogens (tertiary/aromatic N) is 1. The fourth-order valence-corrected chi connectivity index (χ4v) is 5.47. The predicted molar refractivity (Wildman–Crippen MR) is 104 cm³/mol. The highest BCUT2D eigenvalue weighted by Crippen LogP contribution is 2.32. The summed E-state index contributed by atoms with van der Waals surface area (Å²) in [5, 5.41) is 4.84. The Bertz CT molecular complexity index is 936. The molecule has 158 valence electrons. The lowest BCUT2D eigenvalue weighted by Crippen LogP contribution is -2.43. The van der Waals surface area contributed by atoms with Gasteiger partial charge in [-0.3, -0.25) is 4.79 Å². The largest absolute Gasteiger partial charge is 0.416 e. The molecule has 5 nitrogen and oxygen atoms in total. The Morgan fingerprint density at radius 2 is 1.90 bits per heavy atom. The second kappa shape index (κ2) is 8.85. The Morgan fingerprint density at radius 3 is 2.52 bits per heavy atom. The van der Waals surface area contributed by atoms with E-state index in [9.17, 15) is 26.4 Å². The molecule has 1 amide bonds. The van der Waals surface area contributed by atoms with Crippen molar-refractivity contribution in [3.05, 3.63) is 52.2 Å². The third kappa shape index (κ3) is 5.37. The number of nitrogens with one attached hydrogen (secondary N) is 1. The quantitative estimate of drug-likeness (QED) is 0.738. The summed E-state index contributed by atoms with van der Waals surface area (Å²) >= 11 is 1.62. The van der Waals surface area contributed by atoms with Crippen molar-refractivity contribution in [2.75, 3.05) is 19.6 Å². The van der Waals surface area contributed by atoms with Gasteiger partial charge in [0.05, 0.1) is 10.5 Å². The SMILES string of the molecule is O=C(NCCc1cccs1)C1CCN(S(=O)(=O)c2cccc(C(F)(F)F)c2)CC1. The summed E-state index contributed by atoms with van der Waals surface area (Å²) in [5.41, 5.74) is -1.00. The zero-order chi connectivity index (χ0) is 21.1. The molecule has 1 aromatic heterocycles. The highest BCUT2D eigenvalue weighted by molar-refractivity contribution is 7.89. The van der Waals surface area contributed by atoms with Crippen molar-refractivity contribution in [1.29, 1.82) is 0 Å². The van der Waals surface area contributed by atoms with E-state index in [4.69, 9.17) is 0 Å². The Labute approximate surface area is 171 Å². The number of sulfonamides is 1. The molecule has 1 saturated heterocycles. The van der Waals surface area contributed by atoms with Crippen molar-refractivity contribution < 1.29 is 26.4 Å². The number of alkyl halides is 3. The van der Waals surface area contributed by atoms with Gasteiger partial charge in [0.15, 0.2) is 0 Å². The van der Waals surface area contributed by atoms with E-state index in [0.717, 1.165) is 28.9 Å². The van der Waals surface area contributed by atoms with Crippen molar-refractivity contribution in [3.8, 4) is 0 Å². The van der Waals surface area contributed by atoms with E-state index >= 15 is 0 Å². The molecule has 1 aliphatic heterocycles. The van der Waals surface area contributed by atoms with Gasteiger partial charge in [0.1, 0.15) is 0 Å². The van der Waals surface area contributed by atoms with Crippen molar-refractivity contribution in [2.45, 2.75) is 30.3 Å². The van der Waals surface area contributed by atoms with Gasteiger partial charge in [0.25, 0.3) is 0 Å². The van der Waals surface area contributed by atoms with E-state index in [1.54, 1.807) is 11.3 Å². The molecule has 1 aliphatic rings. The molecule has 1 aromatic carbocycles. The van der Waals surface area contributed by atoms with E-state index < -0.39 is 21.8 Å². The number of carbonyl (C=O) groups is 1. The first-order valence-corrected chi connectivity index (χ1v) is 11.5. The van der Waals surface area contributed by atoms with Gasteiger partial charge in [0.2, 0.25) is 15.9 Å². The summed E-state index contributed by atoms with van der Waals surface area (Å²) in [6, 6.07) is 7.68. The third-order valence-electron chi connectivity index (χ3n) is 4.87. The van der Waals surface area contributed by atoms with Crippen LogP contribution in [0.4, 0.5) is 13.2 Å². The molecule has 0 bridgehead atoms. The van der Waals surface area contributed by atoms with Crippen LogP contribution in [0.25, 0.3) is 0 Å². The summed E-state index contributed by atoms with van der Waals surface area (Å²) in [4.78, 5) is 13.1. The second-order valence-electron chi connectivity index (χ2n) is 6.82. The molecule has 3 rings (SSSR count). The van der Waals surface area contributed by atoms with Crippen LogP contribution < -0.4 is 5.32 Å². The molecule has 0 radical (unpaired) electrons. The minimum atomic E-state index is -4.61. The molecule has 10 heteroatoms. The normalized spacial score (nSPS) is 16.7. The maximum Gasteiger partial charge on any atom is 0.416 e. The van der Waals surface area contributed by atoms with Crippen LogP contribution in [0.1, 0.15) is 23.3 Å². The Morgan fingerprint density at radius 1 is 1.17 bits per heavy atom. The average molecular weight is 447 g/mol. The number of hydrogen-bond acceptors (Lipinski definition) is 4. The van der Waals surface area contributed by atoms with Crippen molar-refractivity contribution in [3.63, 3.8) is 0 Å². The van der Waals surface area contributed by atoms with Crippen LogP contribution in [0.5, 0.6) is 0 Å². The van der Waals surface area contributed by atoms with Gasteiger partial charge in [-0.15, -0.1) is 11.3 Å². The summed E-state index contributed by atoms with van der Waals surface area (Å²) in [6.07, 6.45) is -3.20. The lowest BCUT2D eigenvalue weighted by atomic mass is 9.97. The number of amides is 1. The molecule has 0 aliphatic carbocycles. The highest BCUT2D eigenvalue weighted by Gasteiger charge is 2.35. The smallest absolute Gasteiger partial charge is 0.355 e. The summed E-state index contributed by atoms with van der Waals surface area (Å²) in [7, 11) is -4.04. The molecule has 0 saturated carbocycles. The molecule has 1 fully saturated rings. The van der Waals surface area contributed by atoms with Crippen molar-refractivity contribution in [2.24, 2.45) is 5.92 Å². The molecule has 0 spiro atoms. The van der Waals surface area contributed by atoms with Gasteiger partial charge in [-0.05, 0) is 48.9 Å². The van der Waals surface area contributed by atoms with Crippen LogP contribution in [0.2, 0.25) is 0 Å². The van der Waals surface area contributed by atoms with Crippen molar-refractivity contribution in [1.82, 2.24) is 9.62 Å². The number of carbonyl (C=O) groups excluding carboxylic acids is 1. The molecule has 2 heterocycles. The fraction of sp³-hybridized carbons (Fsp3) is 0.421. The lowest BCUT2D eigenvalue weighted by molar-refractivity contribution is -0.137. The fourth-order valence-electron chi connectivity index (χ4n) is 3.25. The average Bonchev–Trinajstić information content (AvgIpc) is 3.21. The maximum atomic E-state index is 12.9. The number of piperidine rings is 1. The van der Waals surface area contributed by atoms with Crippen LogP contribution in [0.3, 0.4) is 0 Å². The van der Waals surface area contributed by atoms with E-state index in [0.29, 0.717) is 25.5 Å². The maximum absolute atomic E-state index is 12.9. The standard InChI is InChI=1S/C19H21F3N2O3S2/c20-19(21,22)15-3-1-5-17(13-15)29(26,27)24-10-7-14(8-11-24)18(25)23-9-6-16-4-2-12-28-16/h1-5,12-14H,6-11H2,(H,23,25). The van der Waals surface area contributed by atoms with Gasteiger partial charge in [-0.1, -0.05) is 12.1 Å². The topological polar surface area (TPSA) is 66.5 Å². The Hall–Kier alpha value is -1.91. The minimum Gasteiger partial charge on any atom is -0.355 e. The Kier molecular flexibility index (Phi) is 6.65. The van der Waals surface area contributed by atoms with Crippen LogP contribution in [0, 0.1) is 5.92 Å². The van der Waals surface area contributed by atoms with E-state index in [1.807, 2.05) is 17.5 Å². The Balaban J connectivity index is 1.56. The van der Waals surface area contributed by atoms with Gasteiger partial charge in [-0.2, -0.15) is 17.5 Å². The first-order valence-electron chi connectivity index (χ1n) is 9.15. The van der Waals surface area contributed by atoms with Gasteiger partial charge in [-0.25, -0.2) is 8.42 Å². The van der Waals surface area contributed by atoms with Crippen molar-refractivity contribution >= 4 is 27.3 Å². The molecule has 2 aromatic rings. The minimum absolute atomic E-state index is 0.0988. The van der Waals surface area contributed by atoms with E-state index in [1.165, 1.54) is 4.88 Å². The molecular formula is C19H21F3N2O3S2. The highest BCUT2D eigenvalue weighted by atomic mass is 32.2. The second-order valence-corrected chi connectivity index (χ2v) is 9.79. The number of hydrogen-bond donors (Lipinski definition) is 1. The zero-order valence-electron chi connectivity index (χ0n) is 15.5. The third-order valence-corrected chi connectivity index (χ3v) is 7.71. The molecule has 1 N–H and O–H groups in total. The predicted octanol–water partition coefficient (Wildman–Crippen LogP) is 3.53. The van der Waals surface area contributed by atoms with Gasteiger partial charge >= 0.3 is 6.18 Å². The summed E-state index contributed by atoms with van der Waals surface area (Å²) in [6.45, 7) is 0.714. The van der Waals surface area contributed by atoms with Crippen LogP contribution in [-0.2, 0) is 27.4 Å². The lowest BCUT2D eigenvalue weighted by Gasteiger charge is -2.30. The first-order chi connectivity index (χ1) is 13.7. The van der Waals surface area contributed by atoms with Crippen LogP contribution in [0.15, 0.2) is 46.7 Å². The van der Waals surface area contributed by atoms with Gasteiger partial charge in [0, 0.05) is 30.4 Å². The number of benzene rings is 1. The van der Waals surface area contributed by atoms with E-state index in [2.05, 4.69) is 5.32 Å². The summed E-state index contributed by atoms with van der Waals surface area (Å²) in [5.74, 6) is -0.413. The van der Waals surface area contributed by atoms with Crippen LogP contribution >= 0.6 is 11.3 Å². The van der Waals surface area contributed by atoms with E-state index in [-0.39, 0.29) is 29.8 Å². The molecule has 0 unspecified atom stereocenters. The number of thiophene rings is 1. The molecule has 0 atom stereocenters. The zero-order valence-corrected chi connectivity index (χ0v) is 17.1. The number of halogens is 3.